The molecule has 3 aromatic rings. The minimum atomic E-state index is -0.449. The number of hydrogen-bond acceptors (Lipinski definition) is 3. The van der Waals surface area contributed by atoms with Gasteiger partial charge in [0, 0.05) is 6.54 Å². The van der Waals surface area contributed by atoms with Crippen molar-refractivity contribution < 1.29 is 0 Å². The summed E-state index contributed by atoms with van der Waals surface area (Å²) >= 11 is 0. The van der Waals surface area contributed by atoms with E-state index in [9.17, 15) is 9.59 Å². The highest BCUT2D eigenvalue weighted by atomic mass is 16.2. The van der Waals surface area contributed by atoms with E-state index in [-0.39, 0.29) is 5.52 Å². The van der Waals surface area contributed by atoms with Gasteiger partial charge in [-0.1, -0.05) is 29.8 Å². The van der Waals surface area contributed by atoms with Crippen LogP contribution in [0.2, 0.25) is 0 Å². The quantitative estimate of drug-likeness (QED) is 0.725. The number of aromatic amines is 1. The molecule has 0 atom stereocenters. The van der Waals surface area contributed by atoms with Gasteiger partial charge < -0.3 is 0 Å². The van der Waals surface area contributed by atoms with Gasteiger partial charge in [0.25, 0.3) is 5.56 Å². The molecular weight excluding hydrogens is 268 g/mol. The van der Waals surface area contributed by atoms with Crippen molar-refractivity contribution in [2.24, 2.45) is 0 Å². The topological polar surface area (TPSA) is 72.7 Å². The van der Waals surface area contributed by atoms with Crippen LogP contribution in [-0.2, 0) is 6.54 Å². The van der Waals surface area contributed by atoms with Crippen LogP contribution in [0, 0.1) is 6.92 Å². The van der Waals surface area contributed by atoms with Crippen LogP contribution in [0.15, 0.2) is 46.3 Å². The summed E-state index contributed by atoms with van der Waals surface area (Å²) in [5.74, 6) is 0. The molecule has 0 radical (unpaired) electrons. The molecule has 21 heavy (non-hydrogen) atoms. The summed E-state index contributed by atoms with van der Waals surface area (Å²) in [5.41, 5.74) is 3.11. The predicted octanol–water partition coefficient (Wildman–Crippen LogP) is 1.10. The molecule has 6 heteroatoms. The Morgan fingerprint density at radius 1 is 1.19 bits per heavy atom. The Balaban J connectivity index is 2.02. The van der Waals surface area contributed by atoms with Gasteiger partial charge in [-0.15, -0.1) is 0 Å². The first-order valence-electron chi connectivity index (χ1n) is 6.63. The molecule has 0 aliphatic carbocycles. The molecule has 0 bridgehead atoms. The van der Waals surface area contributed by atoms with Crippen LogP contribution in [-0.4, -0.2) is 19.1 Å². The van der Waals surface area contributed by atoms with Crippen molar-refractivity contribution in [2.45, 2.75) is 13.5 Å². The number of imidazole rings is 1. The van der Waals surface area contributed by atoms with E-state index in [4.69, 9.17) is 0 Å². The third kappa shape index (κ3) is 1.62. The van der Waals surface area contributed by atoms with E-state index in [2.05, 4.69) is 9.97 Å². The van der Waals surface area contributed by atoms with Crippen molar-refractivity contribution in [3.63, 3.8) is 0 Å². The molecule has 4 rings (SSSR count). The third-order valence-corrected chi connectivity index (χ3v) is 3.75. The second kappa shape index (κ2) is 4.05. The number of hydrogen-bond donors (Lipinski definition) is 1. The highest BCUT2D eigenvalue weighted by Crippen LogP contribution is 2.24. The number of nitrogens with zero attached hydrogens (tertiary/aromatic N) is 3. The van der Waals surface area contributed by atoms with Gasteiger partial charge in [-0.3, -0.25) is 18.9 Å². The molecule has 0 saturated carbocycles. The van der Waals surface area contributed by atoms with Gasteiger partial charge in [0.05, 0.1) is 5.70 Å². The van der Waals surface area contributed by atoms with E-state index in [1.165, 1.54) is 10.1 Å². The van der Waals surface area contributed by atoms with Gasteiger partial charge in [-0.2, -0.15) is 0 Å². The Hall–Kier alpha value is -2.89. The fourth-order valence-corrected chi connectivity index (χ4v) is 2.68. The lowest BCUT2D eigenvalue weighted by molar-refractivity contribution is 0.739. The lowest BCUT2D eigenvalue weighted by atomic mass is 10.1. The molecule has 0 fully saturated rings. The molecule has 2 aromatic heterocycles. The minimum Gasteiger partial charge on any atom is -0.284 e. The van der Waals surface area contributed by atoms with E-state index < -0.39 is 11.2 Å². The van der Waals surface area contributed by atoms with E-state index >= 15 is 0 Å². The zero-order valence-corrected chi connectivity index (χ0v) is 11.3. The molecular formula is C15H12N4O2. The summed E-state index contributed by atoms with van der Waals surface area (Å²) < 4.78 is 3.31. The summed E-state index contributed by atoms with van der Waals surface area (Å²) in [6.45, 7) is 2.45. The number of H-pyrrole nitrogens is 1. The lowest BCUT2D eigenvalue weighted by Gasteiger charge is -2.18. The van der Waals surface area contributed by atoms with Crippen molar-refractivity contribution in [3.05, 3.63) is 68.6 Å². The van der Waals surface area contributed by atoms with Gasteiger partial charge >= 0.3 is 5.69 Å². The third-order valence-electron chi connectivity index (χ3n) is 3.75. The molecule has 1 aliphatic rings. The maximum absolute atomic E-state index is 11.9. The molecule has 0 saturated heterocycles. The van der Waals surface area contributed by atoms with E-state index in [1.54, 1.807) is 10.9 Å². The minimum absolute atomic E-state index is 0.285. The predicted molar refractivity (Wildman–Crippen MR) is 79.2 cm³/mol. The van der Waals surface area contributed by atoms with Crippen LogP contribution < -0.4 is 11.2 Å². The van der Waals surface area contributed by atoms with E-state index in [0.29, 0.717) is 12.2 Å². The number of benzene rings is 1. The highest BCUT2D eigenvalue weighted by molar-refractivity contribution is 5.80. The Labute approximate surface area is 119 Å². The first-order valence-corrected chi connectivity index (χ1v) is 6.63. The maximum atomic E-state index is 11.9. The average molecular weight is 280 g/mol. The van der Waals surface area contributed by atoms with Crippen LogP contribution in [0.4, 0.5) is 0 Å². The van der Waals surface area contributed by atoms with Gasteiger partial charge in [0.1, 0.15) is 6.33 Å². The molecule has 1 aromatic carbocycles. The van der Waals surface area contributed by atoms with Gasteiger partial charge in [0.15, 0.2) is 11.2 Å². The van der Waals surface area contributed by atoms with Crippen molar-refractivity contribution >= 4 is 16.9 Å². The second-order valence-electron chi connectivity index (χ2n) is 5.11. The molecule has 6 nitrogen and oxygen atoms in total. The van der Waals surface area contributed by atoms with Gasteiger partial charge in [0.2, 0.25) is 0 Å². The standard InChI is InChI=1S/C15H12N4O2/c1-9-2-4-10(5-3-9)11-6-7-18-14-12(16-8-19(11)14)13(20)17-15(18)21/h2-6,8H,7H2,1H3,(H,17,20,21). The SMILES string of the molecule is Cc1ccc(C2=CCn3c(=O)[nH]c(=O)c4ncn2c43)cc1. The van der Waals surface area contributed by atoms with Crippen LogP contribution in [0.3, 0.4) is 0 Å². The Morgan fingerprint density at radius 3 is 2.71 bits per heavy atom. The summed E-state index contributed by atoms with van der Waals surface area (Å²) in [6.07, 6.45) is 3.54. The van der Waals surface area contributed by atoms with Gasteiger partial charge in [-0.25, -0.2) is 9.78 Å². The Bertz CT molecular complexity index is 1000. The van der Waals surface area contributed by atoms with Gasteiger partial charge in [-0.05, 0) is 18.6 Å². The van der Waals surface area contributed by atoms with Crippen molar-refractivity contribution in [1.82, 2.24) is 19.1 Å². The summed E-state index contributed by atoms with van der Waals surface area (Å²) in [4.78, 5) is 30.2. The zero-order chi connectivity index (χ0) is 14.6. The molecule has 3 heterocycles. The summed E-state index contributed by atoms with van der Waals surface area (Å²) in [5, 5.41) is 0. The number of aryl methyl sites for hydroxylation is 1. The number of aromatic nitrogens is 4. The smallest absolute Gasteiger partial charge is 0.284 e. The van der Waals surface area contributed by atoms with E-state index in [0.717, 1.165) is 11.3 Å². The van der Waals surface area contributed by atoms with Crippen molar-refractivity contribution in [1.29, 1.82) is 0 Å². The normalized spacial score (nSPS) is 13.5. The molecule has 0 amide bonds. The maximum Gasteiger partial charge on any atom is 0.330 e. The first-order chi connectivity index (χ1) is 10.1. The average Bonchev–Trinajstić information content (AvgIpc) is 2.91. The molecule has 1 aliphatic heterocycles. The number of allylic oxidation sites excluding steroid dienone is 1. The van der Waals surface area contributed by atoms with E-state index in [1.807, 2.05) is 37.3 Å². The van der Waals surface area contributed by atoms with Crippen LogP contribution in [0.1, 0.15) is 11.1 Å². The number of rotatable bonds is 1. The fourth-order valence-electron chi connectivity index (χ4n) is 2.68. The highest BCUT2D eigenvalue weighted by Gasteiger charge is 2.19. The Morgan fingerprint density at radius 2 is 1.95 bits per heavy atom. The van der Waals surface area contributed by atoms with Crippen LogP contribution in [0.5, 0.6) is 0 Å². The number of nitrogens with one attached hydrogen (secondary N) is 1. The van der Waals surface area contributed by atoms with Crippen molar-refractivity contribution in [2.75, 3.05) is 0 Å². The molecule has 0 spiro atoms. The first kappa shape index (κ1) is 11.9. The molecule has 104 valence electrons. The summed E-state index contributed by atoms with van der Waals surface area (Å²) in [6, 6.07) is 8.11. The molecule has 0 unspecified atom stereocenters. The monoisotopic (exact) mass is 280 g/mol. The van der Waals surface area contributed by atoms with Crippen LogP contribution in [0.25, 0.3) is 16.9 Å². The zero-order valence-electron chi connectivity index (χ0n) is 11.3. The second-order valence-corrected chi connectivity index (χ2v) is 5.11. The molecule has 1 N–H and O–H groups in total. The lowest BCUT2D eigenvalue weighted by Crippen LogP contribution is -2.32. The van der Waals surface area contributed by atoms with Crippen molar-refractivity contribution in [3.8, 4) is 0 Å². The Kier molecular flexibility index (Phi) is 2.29. The van der Waals surface area contributed by atoms with Crippen LogP contribution >= 0.6 is 0 Å². The fraction of sp³-hybridized carbons (Fsp3) is 0.133. The summed E-state index contributed by atoms with van der Waals surface area (Å²) in [7, 11) is 0. The largest absolute Gasteiger partial charge is 0.330 e.